The highest BCUT2D eigenvalue weighted by Gasteiger charge is 2.21. The number of sulfonamides is 1. The van der Waals surface area contributed by atoms with Crippen molar-refractivity contribution in [2.75, 3.05) is 27.7 Å². The summed E-state index contributed by atoms with van der Waals surface area (Å²) in [6.45, 7) is 0.190. The van der Waals surface area contributed by atoms with E-state index < -0.39 is 16.0 Å². The second-order valence-electron chi connectivity index (χ2n) is 5.88. The minimum Gasteiger partial charge on any atom is -0.465 e. The summed E-state index contributed by atoms with van der Waals surface area (Å²) in [6, 6.07) is 13.4. The van der Waals surface area contributed by atoms with Crippen molar-refractivity contribution < 1.29 is 17.9 Å². The molecule has 0 amide bonds. The van der Waals surface area contributed by atoms with Crippen molar-refractivity contribution in [3.05, 3.63) is 64.7 Å². The van der Waals surface area contributed by atoms with E-state index in [-0.39, 0.29) is 28.1 Å². The van der Waals surface area contributed by atoms with Crippen molar-refractivity contribution in [2.45, 2.75) is 10.9 Å². The summed E-state index contributed by atoms with van der Waals surface area (Å²) in [5, 5.41) is 0.0203. The van der Waals surface area contributed by atoms with E-state index >= 15 is 0 Å². The van der Waals surface area contributed by atoms with Gasteiger partial charge in [0.1, 0.15) is 0 Å². The first-order valence-electron chi connectivity index (χ1n) is 7.85. The number of nitrogens with one attached hydrogen (secondary N) is 1. The van der Waals surface area contributed by atoms with Crippen LogP contribution < -0.4 is 4.72 Å². The lowest BCUT2D eigenvalue weighted by atomic mass is 10.1. The Kier molecular flexibility index (Phi) is 6.77. The SMILES string of the molecule is COC(=O)c1ccc(S(=O)(=O)NCC(c2ccccc2)N(C)C)cc1Cl. The Balaban J connectivity index is 2.20. The molecule has 2 aromatic carbocycles. The van der Waals surface area contributed by atoms with Crippen molar-refractivity contribution >= 4 is 27.6 Å². The predicted molar refractivity (Wildman–Crippen MR) is 101 cm³/mol. The van der Waals surface area contributed by atoms with Crippen LogP contribution in [0.5, 0.6) is 0 Å². The molecule has 2 rings (SSSR count). The number of likely N-dealkylation sites (N-methyl/N-ethyl adjacent to an activating group) is 1. The standard InChI is InChI=1S/C18H21ClN2O4S/c1-21(2)17(13-7-5-4-6-8-13)12-20-26(23,24)14-9-10-15(16(19)11-14)18(22)25-3/h4-11,17,20H,12H2,1-3H3. The molecule has 1 unspecified atom stereocenters. The first-order valence-corrected chi connectivity index (χ1v) is 9.71. The first kappa shape index (κ1) is 20.4. The summed E-state index contributed by atoms with van der Waals surface area (Å²) >= 11 is 6.02. The Labute approximate surface area is 158 Å². The van der Waals surface area contributed by atoms with Crippen LogP contribution in [0, 0.1) is 0 Å². The molecule has 0 spiro atoms. The molecule has 0 bridgehead atoms. The largest absolute Gasteiger partial charge is 0.465 e. The molecule has 0 saturated carbocycles. The van der Waals surface area contributed by atoms with E-state index in [0.717, 1.165) is 5.56 Å². The third-order valence-corrected chi connectivity index (χ3v) is 5.66. The lowest BCUT2D eigenvalue weighted by Gasteiger charge is -2.25. The molecule has 0 aliphatic heterocycles. The van der Waals surface area contributed by atoms with E-state index in [0.29, 0.717) is 0 Å². The van der Waals surface area contributed by atoms with E-state index in [1.807, 2.05) is 49.3 Å². The summed E-state index contributed by atoms with van der Waals surface area (Å²) in [5.74, 6) is -0.622. The second-order valence-corrected chi connectivity index (χ2v) is 8.05. The maximum Gasteiger partial charge on any atom is 0.339 e. The van der Waals surface area contributed by atoms with Gasteiger partial charge in [0.25, 0.3) is 0 Å². The van der Waals surface area contributed by atoms with Crippen LogP contribution in [0.25, 0.3) is 0 Å². The smallest absolute Gasteiger partial charge is 0.339 e. The summed E-state index contributed by atoms with van der Waals surface area (Å²) in [7, 11) is 1.22. The molecule has 0 aliphatic rings. The van der Waals surface area contributed by atoms with Gasteiger partial charge >= 0.3 is 5.97 Å². The molecular weight excluding hydrogens is 376 g/mol. The number of nitrogens with zero attached hydrogens (tertiary/aromatic N) is 1. The fourth-order valence-corrected chi connectivity index (χ4v) is 3.87. The molecule has 6 nitrogen and oxygen atoms in total. The van der Waals surface area contributed by atoms with Gasteiger partial charge in [-0.1, -0.05) is 41.9 Å². The average molecular weight is 397 g/mol. The number of benzene rings is 2. The lowest BCUT2D eigenvalue weighted by Crippen LogP contribution is -2.34. The molecule has 140 valence electrons. The van der Waals surface area contributed by atoms with Crippen LogP contribution in [-0.4, -0.2) is 47.0 Å². The third kappa shape index (κ3) is 4.82. The van der Waals surface area contributed by atoms with Gasteiger partial charge in [-0.05, 0) is 37.9 Å². The topological polar surface area (TPSA) is 75.7 Å². The van der Waals surface area contributed by atoms with Gasteiger partial charge in [-0.15, -0.1) is 0 Å². The molecule has 0 aromatic heterocycles. The molecule has 26 heavy (non-hydrogen) atoms. The average Bonchev–Trinajstić information content (AvgIpc) is 2.61. The number of halogens is 1. The van der Waals surface area contributed by atoms with E-state index in [1.165, 1.54) is 25.3 Å². The number of esters is 1. The fraction of sp³-hybridized carbons (Fsp3) is 0.278. The van der Waals surface area contributed by atoms with Gasteiger partial charge in [0.15, 0.2) is 0 Å². The van der Waals surface area contributed by atoms with Crippen molar-refractivity contribution in [1.82, 2.24) is 9.62 Å². The molecule has 0 aliphatic carbocycles. The molecule has 1 atom stereocenters. The third-order valence-electron chi connectivity index (χ3n) is 3.93. The highest BCUT2D eigenvalue weighted by atomic mass is 35.5. The van der Waals surface area contributed by atoms with Gasteiger partial charge < -0.3 is 9.64 Å². The van der Waals surface area contributed by atoms with E-state index in [4.69, 9.17) is 11.6 Å². The molecule has 8 heteroatoms. The van der Waals surface area contributed by atoms with Crippen LogP contribution in [0.4, 0.5) is 0 Å². The van der Waals surface area contributed by atoms with Crippen LogP contribution in [0.3, 0.4) is 0 Å². The van der Waals surface area contributed by atoms with Crippen molar-refractivity contribution in [1.29, 1.82) is 0 Å². The zero-order chi connectivity index (χ0) is 19.3. The Bertz CT molecular complexity index is 870. The van der Waals surface area contributed by atoms with Crippen LogP contribution in [-0.2, 0) is 14.8 Å². The number of carbonyl (C=O) groups excluding carboxylic acids is 1. The lowest BCUT2D eigenvalue weighted by molar-refractivity contribution is 0.0601. The Morgan fingerprint density at radius 1 is 1.19 bits per heavy atom. The molecule has 0 fully saturated rings. The molecule has 2 aromatic rings. The summed E-state index contributed by atoms with van der Waals surface area (Å²) < 4.78 is 32.4. The van der Waals surface area contributed by atoms with Gasteiger partial charge in [-0.2, -0.15) is 0 Å². The number of ether oxygens (including phenoxy) is 1. The zero-order valence-corrected chi connectivity index (χ0v) is 16.3. The van der Waals surface area contributed by atoms with E-state index in [2.05, 4.69) is 9.46 Å². The van der Waals surface area contributed by atoms with E-state index in [9.17, 15) is 13.2 Å². The Morgan fingerprint density at radius 3 is 2.38 bits per heavy atom. The van der Waals surface area contributed by atoms with Crippen LogP contribution >= 0.6 is 11.6 Å². The maximum absolute atomic E-state index is 12.6. The quantitative estimate of drug-likeness (QED) is 0.728. The molecule has 0 saturated heterocycles. The van der Waals surface area contributed by atoms with Gasteiger partial charge in [-0.25, -0.2) is 17.9 Å². The number of hydrogen-bond donors (Lipinski definition) is 1. The summed E-state index contributed by atoms with van der Waals surface area (Å²) in [4.78, 5) is 13.5. The maximum atomic E-state index is 12.6. The molecular formula is C18H21ClN2O4S. The van der Waals surface area contributed by atoms with Gasteiger partial charge in [0, 0.05) is 12.6 Å². The van der Waals surface area contributed by atoms with Crippen molar-refractivity contribution in [2.24, 2.45) is 0 Å². The summed E-state index contributed by atoms with van der Waals surface area (Å²) in [5.41, 5.74) is 1.11. The van der Waals surface area contributed by atoms with Crippen molar-refractivity contribution in [3.8, 4) is 0 Å². The van der Waals surface area contributed by atoms with Crippen LogP contribution in [0.15, 0.2) is 53.4 Å². The Hall–Kier alpha value is -1.93. The summed E-state index contributed by atoms with van der Waals surface area (Å²) in [6.07, 6.45) is 0. The number of carbonyl (C=O) groups is 1. The molecule has 0 heterocycles. The predicted octanol–water partition coefficient (Wildman–Crippen LogP) is 2.71. The van der Waals surface area contributed by atoms with Crippen molar-refractivity contribution in [3.63, 3.8) is 0 Å². The normalized spacial score (nSPS) is 12.8. The second kappa shape index (κ2) is 8.64. The highest BCUT2D eigenvalue weighted by molar-refractivity contribution is 7.89. The minimum absolute atomic E-state index is 0.0132. The van der Waals surface area contributed by atoms with E-state index in [1.54, 1.807) is 0 Å². The number of methoxy groups -OCH3 is 1. The molecule has 0 radical (unpaired) electrons. The number of rotatable bonds is 7. The first-order chi connectivity index (χ1) is 12.3. The molecule has 1 N–H and O–H groups in total. The Morgan fingerprint density at radius 2 is 1.85 bits per heavy atom. The van der Waals surface area contributed by atoms with Gasteiger partial charge in [0.05, 0.1) is 22.6 Å². The van der Waals surface area contributed by atoms with Gasteiger partial charge in [0.2, 0.25) is 10.0 Å². The highest BCUT2D eigenvalue weighted by Crippen LogP contribution is 2.22. The fourth-order valence-electron chi connectivity index (χ4n) is 2.48. The minimum atomic E-state index is -3.78. The number of hydrogen-bond acceptors (Lipinski definition) is 5. The van der Waals surface area contributed by atoms with Gasteiger partial charge in [-0.3, -0.25) is 0 Å². The van der Waals surface area contributed by atoms with Crippen LogP contribution in [0.2, 0.25) is 5.02 Å². The monoisotopic (exact) mass is 396 g/mol. The van der Waals surface area contributed by atoms with Crippen LogP contribution in [0.1, 0.15) is 22.0 Å². The zero-order valence-electron chi connectivity index (χ0n) is 14.8.